The molecule has 0 heterocycles. The molecule has 3 aromatic rings. The molecule has 2 unspecified atom stereocenters. The fraction of sp³-hybridized carbons (Fsp3) is 0.333. The van der Waals surface area contributed by atoms with Crippen molar-refractivity contribution in [2.75, 3.05) is 0 Å². The van der Waals surface area contributed by atoms with E-state index in [4.69, 9.17) is 0 Å². The minimum absolute atomic E-state index is 0.0501. The van der Waals surface area contributed by atoms with E-state index in [0.717, 1.165) is 5.92 Å². The predicted molar refractivity (Wildman–Crippen MR) is 121 cm³/mol. The van der Waals surface area contributed by atoms with Crippen molar-refractivity contribution in [3.05, 3.63) is 90.5 Å². The van der Waals surface area contributed by atoms with Gasteiger partial charge in [-0.1, -0.05) is 69.3 Å². The van der Waals surface area contributed by atoms with Gasteiger partial charge in [-0.2, -0.15) is 0 Å². The van der Waals surface area contributed by atoms with Crippen LogP contribution >= 0.6 is 0 Å². The molecule has 4 rings (SSSR count). The number of benzene rings is 3. The molecule has 0 aliphatic heterocycles. The van der Waals surface area contributed by atoms with Gasteiger partial charge in [0.2, 0.25) is 0 Å². The highest BCUT2D eigenvalue weighted by atomic mass is 32.2. The first-order valence-electron chi connectivity index (χ1n) is 10.5. The number of hydrogen-bond acceptors (Lipinski definition) is 0. The Morgan fingerprint density at radius 2 is 1.18 bits per heavy atom. The summed E-state index contributed by atoms with van der Waals surface area (Å²) in [6.45, 7) is 7.29. The van der Waals surface area contributed by atoms with E-state index in [1.807, 2.05) is 0 Å². The Balaban J connectivity index is 1.66. The number of hydrogen-bond donors (Lipinski definition) is 0. The lowest BCUT2D eigenvalue weighted by molar-refractivity contribution is 0.168. The van der Waals surface area contributed by atoms with Crippen LogP contribution in [0.2, 0.25) is 0 Å². The van der Waals surface area contributed by atoms with Crippen molar-refractivity contribution < 1.29 is 0 Å². The zero-order valence-electron chi connectivity index (χ0n) is 17.3. The first-order valence-corrected chi connectivity index (χ1v) is 11.7. The van der Waals surface area contributed by atoms with E-state index in [9.17, 15) is 0 Å². The Morgan fingerprint density at radius 1 is 0.679 bits per heavy atom. The third-order valence-electron chi connectivity index (χ3n) is 5.93. The molecule has 1 heteroatoms. The van der Waals surface area contributed by atoms with E-state index >= 15 is 0 Å². The minimum atomic E-state index is -0.0501. The van der Waals surface area contributed by atoms with Crippen molar-refractivity contribution in [1.29, 1.82) is 0 Å². The molecule has 1 aliphatic rings. The minimum Gasteiger partial charge on any atom is -0.0625 e. The van der Waals surface area contributed by atoms with Gasteiger partial charge in [0.15, 0.2) is 14.7 Å². The highest BCUT2D eigenvalue weighted by molar-refractivity contribution is 7.97. The maximum atomic E-state index is 2.44. The highest BCUT2D eigenvalue weighted by Gasteiger charge is 2.33. The summed E-state index contributed by atoms with van der Waals surface area (Å²) in [5.74, 6) is 1.51. The van der Waals surface area contributed by atoms with E-state index in [1.165, 1.54) is 39.5 Å². The molecule has 144 valence electrons. The van der Waals surface area contributed by atoms with Crippen molar-refractivity contribution in [3.8, 4) is 0 Å². The summed E-state index contributed by atoms with van der Waals surface area (Å²) in [4.78, 5) is 4.17. The lowest BCUT2D eigenvalue weighted by atomic mass is 9.66. The average molecular weight is 388 g/mol. The Hall–Kier alpha value is -1.99. The van der Waals surface area contributed by atoms with E-state index < -0.39 is 0 Å². The lowest BCUT2D eigenvalue weighted by Gasteiger charge is -2.39. The van der Waals surface area contributed by atoms with Crippen LogP contribution in [0.5, 0.6) is 0 Å². The van der Waals surface area contributed by atoms with Crippen LogP contribution in [0.15, 0.2) is 99.6 Å². The van der Waals surface area contributed by atoms with Gasteiger partial charge in [-0.05, 0) is 78.5 Å². The summed E-state index contributed by atoms with van der Waals surface area (Å²) >= 11 is 0. The van der Waals surface area contributed by atoms with Crippen molar-refractivity contribution in [2.24, 2.45) is 11.3 Å². The summed E-state index contributed by atoms with van der Waals surface area (Å²) in [5.41, 5.74) is 1.98. The smallest absolute Gasteiger partial charge is 0.0625 e. The molecule has 1 fully saturated rings. The summed E-state index contributed by atoms with van der Waals surface area (Å²) in [6, 6.07) is 31.4. The highest BCUT2D eigenvalue weighted by Crippen LogP contribution is 2.46. The first kappa shape index (κ1) is 19.3. The third kappa shape index (κ3) is 4.36. The van der Waals surface area contributed by atoms with Crippen molar-refractivity contribution in [2.45, 2.75) is 60.6 Å². The standard InChI is InChI=1S/C27H31S/c1-21-18-23(20-27(2,3)19-21)22-14-16-26(17-15-22)28(24-10-6-4-7-11-24)25-12-8-5-9-13-25/h4-17,21,23H,18-20H2,1-3H3/q+1. The topological polar surface area (TPSA) is 0 Å². The Morgan fingerprint density at radius 3 is 1.68 bits per heavy atom. The molecular formula is C27H31S+. The van der Waals surface area contributed by atoms with Gasteiger partial charge in [0.25, 0.3) is 0 Å². The maximum absolute atomic E-state index is 2.44. The van der Waals surface area contributed by atoms with Gasteiger partial charge < -0.3 is 0 Å². The lowest BCUT2D eigenvalue weighted by Crippen LogP contribution is -2.26. The number of rotatable bonds is 4. The fourth-order valence-electron chi connectivity index (χ4n) is 5.00. The molecular weight excluding hydrogens is 356 g/mol. The van der Waals surface area contributed by atoms with Crippen LogP contribution in [0.3, 0.4) is 0 Å². The van der Waals surface area contributed by atoms with Gasteiger partial charge in [-0.15, -0.1) is 0 Å². The molecule has 0 bridgehead atoms. The second-order valence-corrected chi connectivity index (χ2v) is 11.1. The second-order valence-electron chi connectivity index (χ2n) is 9.11. The molecule has 0 spiro atoms. The van der Waals surface area contributed by atoms with Gasteiger partial charge in [-0.25, -0.2) is 0 Å². The van der Waals surface area contributed by atoms with Crippen molar-refractivity contribution in [3.63, 3.8) is 0 Å². The third-order valence-corrected chi connectivity index (χ3v) is 8.16. The van der Waals surface area contributed by atoms with Crippen LogP contribution in [-0.4, -0.2) is 0 Å². The van der Waals surface area contributed by atoms with Crippen LogP contribution in [0, 0.1) is 11.3 Å². The quantitative estimate of drug-likeness (QED) is 0.402. The van der Waals surface area contributed by atoms with Crippen molar-refractivity contribution >= 4 is 10.9 Å². The average Bonchev–Trinajstić information content (AvgIpc) is 2.69. The van der Waals surface area contributed by atoms with Crippen LogP contribution in [0.1, 0.15) is 51.5 Å². The zero-order valence-corrected chi connectivity index (χ0v) is 18.1. The summed E-state index contributed by atoms with van der Waals surface area (Å²) in [7, 11) is -0.0501. The molecule has 2 atom stereocenters. The molecule has 1 aliphatic carbocycles. The van der Waals surface area contributed by atoms with E-state index in [1.54, 1.807) is 0 Å². The van der Waals surface area contributed by atoms with Gasteiger partial charge in [0.1, 0.15) is 0 Å². The largest absolute Gasteiger partial charge is 0.166 e. The molecule has 0 saturated heterocycles. The molecule has 0 nitrogen and oxygen atoms in total. The molecule has 0 radical (unpaired) electrons. The molecule has 28 heavy (non-hydrogen) atoms. The summed E-state index contributed by atoms with van der Waals surface area (Å²) in [5, 5.41) is 0. The van der Waals surface area contributed by atoms with Gasteiger partial charge in [-0.3, -0.25) is 0 Å². The second kappa shape index (κ2) is 8.17. The Labute approximate surface area is 173 Å². The van der Waals surface area contributed by atoms with Crippen LogP contribution in [0.25, 0.3) is 0 Å². The van der Waals surface area contributed by atoms with Gasteiger partial charge >= 0.3 is 0 Å². The van der Waals surface area contributed by atoms with Crippen LogP contribution < -0.4 is 0 Å². The molecule has 0 N–H and O–H groups in total. The zero-order chi connectivity index (χ0) is 19.6. The van der Waals surface area contributed by atoms with Gasteiger partial charge in [0.05, 0.1) is 10.9 Å². The SMILES string of the molecule is CC1CC(c2ccc([S+](c3ccccc3)c3ccccc3)cc2)CC(C)(C)C1. The van der Waals surface area contributed by atoms with E-state index in [-0.39, 0.29) is 10.9 Å². The maximum Gasteiger partial charge on any atom is 0.166 e. The van der Waals surface area contributed by atoms with Crippen LogP contribution in [-0.2, 0) is 10.9 Å². The molecule has 0 aromatic heterocycles. The first-order chi connectivity index (χ1) is 13.5. The normalized spacial score (nSPS) is 21.6. The monoisotopic (exact) mass is 387 g/mol. The summed E-state index contributed by atoms with van der Waals surface area (Å²) in [6.07, 6.45) is 3.98. The molecule has 0 amide bonds. The fourth-order valence-corrected chi connectivity index (χ4v) is 7.08. The van der Waals surface area contributed by atoms with E-state index in [0.29, 0.717) is 11.3 Å². The Bertz CT molecular complexity index is 841. The van der Waals surface area contributed by atoms with Crippen molar-refractivity contribution in [1.82, 2.24) is 0 Å². The molecule has 1 saturated carbocycles. The van der Waals surface area contributed by atoms with E-state index in [2.05, 4.69) is 106 Å². The molecule has 3 aromatic carbocycles. The van der Waals surface area contributed by atoms with Gasteiger partial charge in [0, 0.05) is 0 Å². The summed E-state index contributed by atoms with van der Waals surface area (Å²) < 4.78 is 0. The Kier molecular flexibility index (Phi) is 5.64. The predicted octanol–water partition coefficient (Wildman–Crippen LogP) is 7.71. The van der Waals surface area contributed by atoms with Crippen LogP contribution in [0.4, 0.5) is 0 Å².